The summed E-state index contributed by atoms with van der Waals surface area (Å²) in [6, 6.07) is 3.59. The number of hydrogen-bond acceptors (Lipinski definition) is 2. The lowest BCUT2D eigenvalue weighted by Crippen LogP contribution is -2.47. The van der Waals surface area contributed by atoms with E-state index in [2.05, 4.69) is 5.32 Å². The van der Waals surface area contributed by atoms with E-state index < -0.39 is 29.2 Å². The third kappa shape index (κ3) is 2.53. The van der Waals surface area contributed by atoms with Gasteiger partial charge in [0.15, 0.2) is 0 Å². The number of amides is 1. The van der Waals surface area contributed by atoms with Crippen molar-refractivity contribution in [1.29, 1.82) is 0 Å². The first-order valence-electron chi connectivity index (χ1n) is 6.65. The lowest BCUT2D eigenvalue weighted by atomic mass is 9.84. The molecule has 20 heavy (non-hydrogen) atoms. The van der Waals surface area contributed by atoms with Crippen molar-refractivity contribution in [2.24, 2.45) is 5.41 Å². The van der Waals surface area contributed by atoms with Crippen molar-refractivity contribution in [2.45, 2.75) is 39.2 Å². The minimum Gasteiger partial charge on any atom is -0.481 e. The molecule has 5 heteroatoms. The number of carboxylic acids is 1. The highest BCUT2D eigenvalue weighted by molar-refractivity contribution is 5.96. The van der Waals surface area contributed by atoms with Gasteiger partial charge in [0, 0.05) is 11.6 Å². The molecular weight excluding hydrogens is 261 g/mol. The van der Waals surface area contributed by atoms with Crippen LogP contribution in [0.3, 0.4) is 0 Å². The van der Waals surface area contributed by atoms with Gasteiger partial charge in [0.05, 0.1) is 5.41 Å². The van der Waals surface area contributed by atoms with Gasteiger partial charge in [-0.2, -0.15) is 0 Å². The zero-order chi connectivity index (χ0) is 14.9. The average Bonchev–Trinajstić information content (AvgIpc) is 2.75. The number of benzene rings is 1. The molecule has 1 amide bonds. The van der Waals surface area contributed by atoms with Crippen molar-refractivity contribution in [2.75, 3.05) is 0 Å². The lowest BCUT2D eigenvalue weighted by molar-refractivity contribution is -0.148. The van der Waals surface area contributed by atoms with Gasteiger partial charge in [-0.25, -0.2) is 4.39 Å². The standard InChI is InChI=1S/C15H18FNO3/c1-9-5-6-10(16)8-11(9)13(18)17-12-4-3-7-15(12,2)14(19)20/h5-6,8,12H,3-4,7H2,1-2H3,(H,17,18)(H,19,20). The summed E-state index contributed by atoms with van der Waals surface area (Å²) in [7, 11) is 0. The minimum absolute atomic E-state index is 0.254. The summed E-state index contributed by atoms with van der Waals surface area (Å²) in [5.74, 6) is -1.80. The highest BCUT2D eigenvalue weighted by Crippen LogP contribution is 2.38. The number of hydrogen-bond donors (Lipinski definition) is 2. The molecule has 0 spiro atoms. The number of carbonyl (C=O) groups is 2. The van der Waals surface area contributed by atoms with Crippen molar-refractivity contribution in [3.63, 3.8) is 0 Å². The first kappa shape index (κ1) is 14.5. The number of carbonyl (C=O) groups excluding carboxylic acids is 1. The summed E-state index contributed by atoms with van der Waals surface area (Å²) in [4.78, 5) is 23.6. The Morgan fingerprint density at radius 3 is 2.80 bits per heavy atom. The normalized spacial score (nSPS) is 25.4. The second-order valence-electron chi connectivity index (χ2n) is 5.60. The molecule has 0 saturated heterocycles. The van der Waals surface area contributed by atoms with Crippen LogP contribution < -0.4 is 5.32 Å². The third-order valence-corrected chi connectivity index (χ3v) is 4.20. The van der Waals surface area contributed by atoms with Crippen LogP contribution in [0.5, 0.6) is 0 Å². The summed E-state index contributed by atoms with van der Waals surface area (Å²) in [6.45, 7) is 3.37. The van der Waals surface area contributed by atoms with E-state index >= 15 is 0 Å². The quantitative estimate of drug-likeness (QED) is 0.893. The van der Waals surface area contributed by atoms with E-state index in [-0.39, 0.29) is 5.56 Å². The molecule has 1 aliphatic rings. The van der Waals surface area contributed by atoms with E-state index in [1.807, 2.05) is 0 Å². The Bertz CT molecular complexity index is 558. The molecule has 2 rings (SSSR count). The fraction of sp³-hybridized carbons (Fsp3) is 0.467. The molecule has 1 aliphatic carbocycles. The van der Waals surface area contributed by atoms with Crippen LogP contribution in [0.1, 0.15) is 42.1 Å². The zero-order valence-electron chi connectivity index (χ0n) is 11.6. The van der Waals surface area contributed by atoms with E-state index in [0.29, 0.717) is 18.4 Å². The van der Waals surface area contributed by atoms with Gasteiger partial charge in [-0.05, 0) is 44.4 Å². The van der Waals surface area contributed by atoms with Gasteiger partial charge in [0.1, 0.15) is 5.82 Å². The monoisotopic (exact) mass is 279 g/mol. The molecule has 1 aromatic rings. The molecule has 0 bridgehead atoms. The van der Waals surface area contributed by atoms with Gasteiger partial charge in [0.25, 0.3) is 5.91 Å². The molecule has 0 radical (unpaired) electrons. The Morgan fingerprint density at radius 2 is 2.15 bits per heavy atom. The first-order chi connectivity index (χ1) is 9.34. The number of halogens is 1. The van der Waals surface area contributed by atoms with Crippen LogP contribution in [-0.4, -0.2) is 23.0 Å². The van der Waals surface area contributed by atoms with E-state index in [1.54, 1.807) is 13.8 Å². The van der Waals surface area contributed by atoms with E-state index in [4.69, 9.17) is 0 Å². The topological polar surface area (TPSA) is 66.4 Å². The number of aryl methyl sites for hydroxylation is 1. The molecule has 1 aromatic carbocycles. The zero-order valence-corrected chi connectivity index (χ0v) is 11.6. The van der Waals surface area contributed by atoms with Crippen LogP contribution in [0.4, 0.5) is 4.39 Å². The van der Waals surface area contributed by atoms with Gasteiger partial charge < -0.3 is 10.4 Å². The maximum Gasteiger partial charge on any atom is 0.311 e. The van der Waals surface area contributed by atoms with Crippen molar-refractivity contribution in [1.82, 2.24) is 5.32 Å². The van der Waals surface area contributed by atoms with Crippen molar-refractivity contribution < 1.29 is 19.1 Å². The maximum absolute atomic E-state index is 13.2. The summed E-state index contributed by atoms with van der Waals surface area (Å²) < 4.78 is 13.2. The fourth-order valence-electron chi connectivity index (χ4n) is 2.73. The summed E-state index contributed by atoms with van der Waals surface area (Å²) in [5.41, 5.74) is -0.0276. The number of carboxylic acid groups (broad SMARTS) is 1. The van der Waals surface area contributed by atoms with Crippen molar-refractivity contribution in [3.05, 3.63) is 35.1 Å². The Kier molecular flexibility index (Phi) is 3.79. The van der Waals surface area contributed by atoms with Crippen LogP contribution in [0.15, 0.2) is 18.2 Å². The second-order valence-corrected chi connectivity index (χ2v) is 5.60. The van der Waals surface area contributed by atoms with Crippen LogP contribution in [0, 0.1) is 18.2 Å². The van der Waals surface area contributed by atoms with Crippen molar-refractivity contribution in [3.8, 4) is 0 Å². The van der Waals surface area contributed by atoms with Gasteiger partial charge in [0.2, 0.25) is 0 Å². The van der Waals surface area contributed by atoms with E-state index in [1.165, 1.54) is 18.2 Å². The number of nitrogens with one attached hydrogen (secondary N) is 1. The predicted molar refractivity (Wildman–Crippen MR) is 72.0 cm³/mol. The van der Waals surface area contributed by atoms with Crippen LogP contribution in [-0.2, 0) is 4.79 Å². The summed E-state index contributed by atoms with van der Waals surface area (Å²) >= 11 is 0. The summed E-state index contributed by atoms with van der Waals surface area (Å²) in [5, 5.41) is 12.1. The van der Waals surface area contributed by atoms with Crippen LogP contribution in [0.25, 0.3) is 0 Å². The average molecular weight is 279 g/mol. The largest absolute Gasteiger partial charge is 0.481 e. The molecule has 2 atom stereocenters. The van der Waals surface area contributed by atoms with Gasteiger partial charge in [-0.1, -0.05) is 12.5 Å². The molecule has 1 saturated carbocycles. The maximum atomic E-state index is 13.2. The minimum atomic E-state index is -0.948. The highest BCUT2D eigenvalue weighted by atomic mass is 19.1. The van der Waals surface area contributed by atoms with E-state index in [9.17, 15) is 19.1 Å². The highest BCUT2D eigenvalue weighted by Gasteiger charge is 2.46. The molecule has 1 fully saturated rings. The Morgan fingerprint density at radius 1 is 1.45 bits per heavy atom. The third-order valence-electron chi connectivity index (χ3n) is 4.20. The van der Waals surface area contributed by atoms with Gasteiger partial charge in [-0.3, -0.25) is 9.59 Å². The number of aliphatic carboxylic acids is 1. The Balaban J connectivity index is 2.19. The SMILES string of the molecule is Cc1ccc(F)cc1C(=O)NC1CCCC1(C)C(=O)O. The summed E-state index contributed by atoms with van der Waals surface area (Å²) in [6.07, 6.45) is 1.92. The van der Waals surface area contributed by atoms with Crippen LogP contribution in [0.2, 0.25) is 0 Å². The van der Waals surface area contributed by atoms with Crippen molar-refractivity contribution >= 4 is 11.9 Å². The van der Waals surface area contributed by atoms with Gasteiger partial charge in [-0.15, -0.1) is 0 Å². The smallest absolute Gasteiger partial charge is 0.311 e. The molecule has 0 aromatic heterocycles. The lowest BCUT2D eigenvalue weighted by Gasteiger charge is -2.27. The molecule has 0 aliphatic heterocycles. The Hall–Kier alpha value is -1.91. The second kappa shape index (κ2) is 5.23. The van der Waals surface area contributed by atoms with Gasteiger partial charge >= 0.3 is 5.97 Å². The van der Waals surface area contributed by atoms with Crippen LogP contribution >= 0.6 is 0 Å². The molecule has 2 N–H and O–H groups in total. The molecule has 0 heterocycles. The molecule has 2 unspecified atom stereocenters. The fourth-order valence-corrected chi connectivity index (χ4v) is 2.73. The van der Waals surface area contributed by atoms with E-state index in [0.717, 1.165) is 6.42 Å². The molecule has 108 valence electrons. The Labute approximate surface area is 117 Å². The predicted octanol–water partition coefficient (Wildman–Crippen LogP) is 2.51. The first-order valence-corrected chi connectivity index (χ1v) is 6.65. The number of rotatable bonds is 3. The molecular formula is C15H18FNO3. The molecule has 4 nitrogen and oxygen atoms in total.